The van der Waals surface area contributed by atoms with Gasteiger partial charge in [-0.2, -0.15) is 0 Å². The van der Waals surface area contributed by atoms with Crippen LogP contribution in [0.25, 0.3) is 0 Å². The van der Waals surface area contributed by atoms with Crippen LogP contribution in [0.5, 0.6) is 0 Å². The highest BCUT2D eigenvalue weighted by atomic mass is 32.2. The van der Waals surface area contributed by atoms with Gasteiger partial charge in [0.1, 0.15) is 0 Å². The minimum atomic E-state index is -3.85. The lowest BCUT2D eigenvalue weighted by Crippen LogP contribution is -2.38. The van der Waals surface area contributed by atoms with Crippen LogP contribution in [0.1, 0.15) is 22.0 Å². The standard InChI is InChI=1S/C21H18N2O3S2/c22-21(24)16-10-12-17(13-11-16)28(25,26)23-18-8-4-5-9-20(18)27-14-19(23)15-6-2-1-3-7-15/h1-13,19H,14H2,(H2,22,24)/t19-/m1/s1. The second-order valence-corrected chi connectivity index (χ2v) is 9.27. The van der Waals surface area contributed by atoms with E-state index in [4.69, 9.17) is 5.73 Å². The van der Waals surface area contributed by atoms with E-state index in [2.05, 4.69) is 0 Å². The van der Waals surface area contributed by atoms with Crippen LogP contribution in [-0.4, -0.2) is 20.1 Å². The molecule has 0 aromatic heterocycles. The number of sulfonamides is 1. The number of carbonyl (C=O) groups is 1. The fourth-order valence-corrected chi connectivity index (χ4v) is 6.25. The molecule has 1 aliphatic heterocycles. The zero-order chi connectivity index (χ0) is 19.7. The predicted molar refractivity (Wildman–Crippen MR) is 111 cm³/mol. The van der Waals surface area contributed by atoms with Gasteiger partial charge in [-0.05, 0) is 42.0 Å². The van der Waals surface area contributed by atoms with Crippen molar-refractivity contribution in [3.05, 3.63) is 90.0 Å². The van der Waals surface area contributed by atoms with E-state index >= 15 is 0 Å². The highest BCUT2D eigenvalue weighted by molar-refractivity contribution is 8.00. The molecule has 4 rings (SSSR count). The van der Waals surface area contributed by atoms with Crippen molar-refractivity contribution in [3.8, 4) is 0 Å². The third-order valence-electron chi connectivity index (χ3n) is 4.66. The van der Waals surface area contributed by atoms with Crippen molar-refractivity contribution in [2.75, 3.05) is 10.1 Å². The molecule has 0 radical (unpaired) electrons. The highest BCUT2D eigenvalue weighted by Crippen LogP contribution is 2.45. The van der Waals surface area contributed by atoms with Crippen molar-refractivity contribution in [2.24, 2.45) is 5.73 Å². The first kappa shape index (κ1) is 18.6. The lowest BCUT2D eigenvalue weighted by atomic mass is 10.1. The smallest absolute Gasteiger partial charge is 0.264 e. The summed E-state index contributed by atoms with van der Waals surface area (Å²) in [7, 11) is -3.85. The molecule has 1 atom stereocenters. The maximum absolute atomic E-state index is 13.6. The predicted octanol–water partition coefficient (Wildman–Crippen LogP) is 3.83. The Morgan fingerprint density at radius 1 is 0.929 bits per heavy atom. The average Bonchev–Trinajstić information content (AvgIpc) is 2.73. The summed E-state index contributed by atoms with van der Waals surface area (Å²) >= 11 is 1.65. The van der Waals surface area contributed by atoms with Gasteiger partial charge in [0.2, 0.25) is 5.91 Å². The van der Waals surface area contributed by atoms with Crippen molar-refractivity contribution in [1.29, 1.82) is 0 Å². The third kappa shape index (κ3) is 3.27. The minimum absolute atomic E-state index is 0.125. The number of anilines is 1. The summed E-state index contributed by atoms with van der Waals surface area (Å²) in [5.41, 5.74) is 7.14. The van der Waals surface area contributed by atoms with Crippen LogP contribution in [0.15, 0.2) is 88.7 Å². The lowest BCUT2D eigenvalue weighted by molar-refractivity contribution is 0.1000. The van der Waals surface area contributed by atoms with Crippen LogP contribution in [0.2, 0.25) is 0 Å². The molecule has 3 aromatic carbocycles. The average molecular weight is 411 g/mol. The Kier molecular flexibility index (Phi) is 4.87. The lowest BCUT2D eigenvalue weighted by Gasteiger charge is -2.37. The maximum Gasteiger partial charge on any atom is 0.264 e. The zero-order valence-electron chi connectivity index (χ0n) is 14.9. The van der Waals surface area contributed by atoms with Crippen molar-refractivity contribution in [3.63, 3.8) is 0 Å². The van der Waals surface area contributed by atoms with E-state index in [9.17, 15) is 13.2 Å². The molecule has 1 aliphatic rings. The van der Waals surface area contributed by atoms with Crippen molar-refractivity contribution in [1.82, 2.24) is 0 Å². The number of amides is 1. The Labute approximate surface area is 168 Å². The second kappa shape index (κ2) is 7.33. The number of carbonyl (C=O) groups excluding carboxylic acids is 1. The molecule has 3 aromatic rings. The molecule has 0 saturated carbocycles. The molecule has 1 heterocycles. The summed E-state index contributed by atoms with van der Waals surface area (Å²) in [4.78, 5) is 12.4. The Balaban J connectivity index is 1.85. The number of fused-ring (bicyclic) bond motifs is 1. The third-order valence-corrected chi connectivity index (χ3v) is 7.64. The summed E-state index contributed by atoms with van der Waals surface area (Å²) < 4.78 is 28.7. The van der Waals surface area contributed by atoms with E-state index in [1.54, 1.807) is 11.8 Å². The molecule has 0 unspecified atom stereocenters. The molecule has 0 saturated heterocycles. The fourth-order valence-electron chi connectivity index (χ4n) is 3.27. The topological polar surface area (TPSA) is 80.5 Å². The van der Waals surface area contributed by atoms with Gasteiger partial charge in [-0.25, -0.2) is 8.42 Å². The summed E-state index contributed by atoms with van der Waals surface area (Å²) in [6.07, 6.45) is 0. The van der Waals surface area contributed by atoms with Gasteiger partial charge < -0.3 is 5.73 Å². The number of nitrogens with zero attached hydrogens (tertiary/aromatic N) is 1. The van der Waals surface area contributed by atoms with Crippen molar-refractivity contribution in [2.45, 2.75) is 15.8 Å². The minimum Gasteiger partial charge on any atom is -0.366 e. The Hall–Kier alpha value is -2.77. The first-order valence-corrected chi connectivity index (χ1v) is 11.1. The first-order valence-electron chi connectivity index (χ1n) is 8.69. The molecule has 0 fully saturated rings. The normalized spacial score (nSPS) is 16.4. The zero-order valence-corrected chi connectivity index (χ0v) is 16.5. The van der Waals surface area contributed by atoms with E-state index in [-0.39, 0.29) is 16.5 Å². The fraction of sp³-hybridized carbons (Fsp3) is 0.0952. The molecule has 0 aliphatic carbocycles. The summed E-state index contributed by atoms with van der Waals surface area (Å²) in [5.74, 6) is 0.0189. The molecule has 0 spiro atoms. The number of thioether (sulfide) groups is 1. The maximum atomic E-state index is 13.6. The first-order chi connectivity index (χ1) is 13.5. The largest absolute Gasteiger partial charge is 0.366 e. The van der Waals surface area contributed by atoms with E-state index < -0.39 is 15.9 Å². The molecule has 1 amide bonds. The Morgan fingerprint density at radius 2 is 1.57 bits per heavy atom. The molecule has 5 nitrogen and oxygen atoms in total. The van der Waals surface area contributed by atoms with E-state index in [0.29, 0.717) is 11.4 Å². The Morgan fingerprint density at radius 3 is 2.25 bits per heavy atom. The van der Waals surface area contributed by atoms with E-state index in [1.807, 2.05) is 54.6 Å². The number of benzene rings is 3. The monoisotopic (exact) mass is 410 g/mol. The van der Waals surface area contributed by atoms with Crippen molar-refractivity contribution < 1.29 is 13.2 Å². The van der Waals surface area contributed by atoms with Gasteiger partial charge >= 0.3 is 0 Å². The van der Waals surface area contributed by atoms with Gasteiger partial charge in [0, 0.05) is 16.2 Å². The summed E-state index contributed by atoms with van der Waals surface area (Å²) in [6.45, 7) is 0. The van der Waals surface area contributed by atoms with Gasteiger partial charge in [0.25, 0.3) is 10.0 Å². The van der Waals surface area contributed by atoms with Crippen LogP contribution in [0.4, 0.5) is 5.69 Å². The quantitative estimate of drug-likeness (QED) is 0.709. The van der Waals surface area contributed by atoms with Crippen LogP contribution < -0.4 is 10.0 Å². The van der Waals surface area contributed by atoms with Gasteiger partial charge in [-0.15, -0.1) is 11.8 Å². The molecule has 142 valence electrons. The molecule has 0 bridgehead atoms. The van der Waals surface area contributed by atoms with E-state index in [1.165, 1.54) is 28.6 Å². The van der Waals surface area contributed by atoms with Gasteiger partial charge in [-0.3, -0.25) is 9.10 Å². The number of hydrogen-bond acceptors (Lipinski definition) is 4. The van der Waals surface area contributed by atoms with Gasteiger partial charge in [0.15, 0.2) is 0 Å². The van der Waals surface area contributed by atoms with Gasteiger partial charge in [0.05, 0.1) is 16.6 Å². The Bertz CT molecular complexity index is 1110. The molecular formula is C21H18N2O3S2. The van der Waals surface area contributed by atoms with Crippen LogP contribution in [0, 0.1) is 0 Å². The number of primary amides is 1. The SMILES string of the molecule is NC(=O)c1ccc(S(=O)(=O)N2c3ccccc3SC[C@@H]2c2ccccc2)cc1. The number of rotatable bonds is 4. The molecule has 7 heteroatoms. The van der Waals surface area contributed by atoms with Gasteiger partial charge in [-0.1, -0.05) is 42.5 Å². The highest BCUT2D eigenvalue weighted by Gasteiger charge is 2.37. The molecule has 28 heavy (non-hydrogen) atoms. The van der Waals surface area contributed by atoms with Crippen molar-refractivity contribution >= 4 is 33.4 Å². The number of hydrogen-bond donors (Lipinski definition) is 1. The number of nitrogens with two attached hydrogens (primary N) is 1. The van der Waals surface area contributed by atoms with E-state index in [0.717, 1.165) is 10.5 Å². The summed E-state index contributed by atoms with van der Waals surface area (Å²) in [6, 6.07) is 22.5. The molecular weight excluding hydrogens is 392 g/mol. The van der Waals surface area contributed by atoms with Crippen LogP contribution >= 0.6 is 11.8 Å². The van der Waals surface area contributed by atoms with Crippen LogP contribution in [0.3, 0.4) is 0 Å². The van der Waals surface area contributed by atoms with Crippen LogP contribution in [-0.2, 0) is 10.0 Å². The number of para-hydroxylation sites is 1. The summed E-state index contributed by atoms with van der Waals surface area (Å²) in [5, 5.41) is 0. The second-order valence-electron chi connectivity index (χ2n) is 6.39. The molecule has 2 N–H and O–H groups in total.